The number of benzene rings is 1. The van der Waals surface area contributed by atoms with Crippen LogP contribution in [0.15, 0.2) is 18.2 Å². The lowest BCUT2D eigenvalue weighted by Crippen LogP contribution is -2.56. The van der Waals surface area contributed by atoms with Gasteiger partial charge in [-0.3, -0.25) is 4.79 Å². The summed E-state index contributed by atoms with van der Waals surface area (Å²) in [4.78, 5) is 11.4. The van der Waals surface area contributed by atoms with E-state index in [2.05, 4.69) is 0 Å². The van der Waals surface area contributed by atoms with Crippen LogP contribution in [-0.4, -0.2) is 23.8 Å². The average Bonchev–Trinajstić information content (AvgIpc) is 2.26. The number of carbonyl (C=O) groups excluding carboxylic acids is 1. The molecule has 1 rings (SSSR count). The van der Waals surface area contributed by atoms with Crippen molar-refractivity contribution in [1.29, 1.82) is 0 Å². The molecule has 0 saturated carbocycles. The number of hydrogen-bond donors (Lipinski definition) is 0. The number of aryl methyl sites for hydroxylation is 2. The molecule has 0 N–H and O–H groups in total. The summed E-state index contributed by atoms with van der Waals surface area (Å²) >= 11 is 0. The van der Waals surface area contributed by atoms with Gasteiger partial charge in [0.1, 0.15) is 0 Å². The standard InChI is InChI=1S/C12H9F7O/c1-6-3-4-8(7(2)5-6)9(20)10(13,14)11(15,16)12(17,18)19/h3-5H,1-2H3. The van der Waals surface area contributed by atoms with E-state index in [0.717, 1.165) is 6.07 Å². The minimum atomic E-state index is -6.52. The fourth-order valence-electron chi connectivity index (χ4n) is 1.56. The Balaban J connectivity index is 3.32. The Hall–Kier alpha value is -1.60. The van der Waals surface area contributed by atoms with E-state index in [4.69, 9.17) is 0 Å². The van der Waals surface area contributed by atoms with Crippen LogP contribution in [0.2, 0.25) is 0 Å². The van der Waals surface area contributed by atoms with Crippen LogP contribution in [-0.2, 0) is 0 Å². The highest BCUT2D eigenvalue weighted by molar-refractivity contribution is 6.03. The van der Waals surface area contributed by atoms with Crippen molar-refractivity contribution in [3.05, 3.63) is 34.9 Å². The lowest BCUT2D eigenvalue weighted by molar-refractivity contribution is -0.339. The summed E-state index contributed by atoms with van der Waals surface area (Å²) in [7, 11) is 0. The summed E-state index contributed by atoms with van der Waals surface area (Å²) in [5.74, 6) is -14.9. The van der Waals surface area contributed by atoms with Crippen LogP contribution in [0.5, 0.6) is 0 Å². The van der Waals surface area contributed by atoms with Crippen LogP contribution >= 0.6 is 0 Å². The predicted molar refractivity (Wildman–Crippen MR) is 56.2 cm³/mol. The fourth-order valence-corrected chi connectivity index (χ4v) is 1.56. The largest absolute Gasteiger partial charge is 0.460 e. The highest BCUT2D eigenvalue weighted by atomic mass is 19.4. The molecule has 8 heteroatoms. The summed E-state index contributed by atoms with van der Waals surface area (Å²) in [5.41, 5.74) is -0.429. The van der Waals surface area contributed by atoms with Gasteiger partial charge in [-0.25, -0.2) is 0 Å². The van der Waals surface area contributed by atoms with Gasteiger partial charge in [0.25, 0.3) is 0 Å². The summed E-state index contributed by atoms with van der Waals surface area (Å²) in [5, 5.41) is 0. The smallest absolute Gasteiger partial charge is 0.287 e. The molecule has 0 spiro atoms. The van der Waals surface area contributed by atoms with E-state index in [-0.39, 0.29) is 5.56 Å². The summed E-state index contributed by atoms with van der Waals surface area (Å²) in [6.45, 7) is 2.71. The Morgan fingerprint density at radius 2 is 1.45 bits per heavy atom. The minimum absolute atomic E-state index is 0.104. The number of ketones is 1. The zero-order chi connectivity index (χ0) is 15.9. The third kappa shape index (κ3) is 2.51. The zero-order valence-electron chi connectivity index (χ0n) is 10.3. The van der Waals surface area contributed by atoms with Crippen LogP contribution in [0.1, 0.15) is 21.5 Å². The monoisotopic (exact) mass is 302 g/mol. The van der Waals surface area contributed by atoms with Crippen molar-refractivity contribution in [3.8, 4) is 0 Å². The molecule has 0 saturated heterocycles. The molecule has 0 aliphatic carbocycles. The van der Waals surface area contributed by atoms with Crippen molar-refractivity contribution in [2.45, 2.75) is 31.9 Å². The SMILES string of the molecule is Cc1ccc(C(=O)C(F)(F)C(F)(F)C(F)(F)F)c(C)c1. The maximum absolute atomic E-state index is 13.2. The van der Waals surface area contributed by atoms with Crippen LogP contribution in [0.4, 0.5) is 30.7 Å². The number of carbonyl (C=O) groups is 1. The van der Waals surface area contributed by atoms with Gasteiger partial charge in [0, 0.05) is 5.56 Å². The summed E-state index contributed by atoms with van der Waals surface area (Å²) < 4.78 is 88.0. The van der Waals surface area contributed by atoms with Gasteiger partial charge in [-0.1, -0.05) is 23.8 Å². The molecule has 1 aromatic rings. The molecule has 112 valence electrons. The number of hydrogen-bond acceptors (Lipinski definition) is 1. The Morgan fingerprint density at radius 3 is 1.85 bits per heavy atom. The molecule has 0 aromatic heterocycles. The quantitative estimate of drug-likeness (QED) is 0.600. The molecular formula is C12H9F7O. The molecule has 0 radical (unpaired) electrons. The number of Topliss-reactive ketones (excluding diaryl/α,β-unsaturated/α-hetero) is 1. The summed E-state index contributed by atoms with van der Waals surface area (Å²) in [6, 6.07) is 3.20. The summed E-state index contributed by atoms with van der Waals surface area (Å²) in [6.07, 6.45) is -6.52. The molecule has 0 heterocycles. The van der Waals surface area contributed by atoms with Gasteiger partial charge >= 0.3 is 18.0 Å². The van der Waals surface area contributed by atoms with Gasteiger partial charge in [-0.2, -0.15) is 30.7 Å². The van der Waals surface area contributed by atoms with E-state index in [1.165, 1.54) is 19.1 Å². The first-order valence-corrected chi connectivity index (χ1v) is 5.27. The number of alkyl halides is 7. The first-order chi connectivity index (χ1) is 8.82. The second kappa shape index (κ2) is 4.75. The molecule has 20 heavy (non-hydrogen) atoms. The Kier molecular flexibility index (Phi) is 3.91. The zero-order valence-corrected chi connectivity index (χ0v) is 10.3. The molecule has 1 nitrogen and oxygen atoms in total. The van der Waals surface area contributed by atoms with Gasteiger partial charge in [0.2, 0.25) is 5.78 Å². The number of rotatable bonds is 3. The van der Waals surface area contributed by atoms with Crippen molar-refractivity contribution >= 4 is 5.78 Å². The van der Waals surface area contributed by atoms with Gasteiger partial charge in [-0.15, -0.1) is 0 Å². The molecule has 0 bridgehead atoms. The normalized spacial score (nSPS) is 13.4. The third-order valence-electron chi connectivity index (χ3n) is 2.66. The van der Waals surface area contributed by atoms with E-state index in [9.17, 15) is 35.5 Å². The molecule has 0 unspecified atom stereocenters. The van der Waals surface area contributed by atoms with Gasteiger partial charge in [0.15, 0.2) is 0 Å². The second-order valence-corrected chi connectivity index (χ2v) is 4.29. The van der Waals surface area contributed by atoms with E-state index < -0.39 is 29.4 Å². The first kappa shape index (κ1) is 16.5. The van der Waals surface area contributed by atoms with Crippen molar-refractivity contribution in [3.63, 3.8) is 0 Å². The predicted octanol–water partition coefficient (Wildman–Crippen LogP) is 4.32. The van der Waals surface area contributed by atoms with Crippen LogP contribution in [0.25, 0.3) is 0 Å². The van der Waals surface area contributed by atoms with Gasteiger partial charge in [0.05, 0.1) is 0 Å². The molecular weight excluding hydrogens is 293 g/mol. The molecule has 0 aliphatic rings. The van der Waals surface area contributed by atoms with Gasteiger partial charge < -0.3 is 0 Å². The van der Waals surface area contributed by atoms with E-state index in [0.29, 0.717) is 5.56 Å². The topological polar surface area (TPSA) is 17.1 Å². The Bertz CT molecular complexity index is 531. The van der Waals surface area contributed by atoms with Crippen LogP contribution < -0.4 is 0 Å². The Morgan fingerprint density at radius 1 is 0.950 bits per heavy atom. The first-order valence-electron chi connectivity index (χ1n) is 5.27. The van der Waals surface area contributed by atoms with Crippen LogP contribution in [0.3, 0.4) is 0 Å². The lowest BCUT2D eigenvalue weighted by atomic mass is 9.95. The maximum atomic E-state index is 13.2. The molecule has 0 fully saturated rings. The molecule has 0 aliphatic heterocycles. The number of halogens is 7. The van der Waals surface area contributed by atoms with E-state index in [1.807, 2.05) is 0 Å². The van der Waals surface area contributed by atoms with E-state index >= 15 is 0 Å². The van der Waals surface area contributed by atoms with Crippen molar-refractivity contribution in [2.24, 2.45) is 0 Å². The fraction of sp³-hybridized carbons (Fsp3) is 0.417. The lowest BCUT2D eigenvalue weighted by Gasteiger charge is -2.27. The minimum Gasteiger partial charge on any atom is -0.287 e. The molecule has 0 atom stereocenters. The maximum Gasteiger partial charge on any atom is 0.460 e. The van der Waals surface area contributed by atoms with Crippen molar-refractivity contribution in [2.75, 3.05) is 0 Å². The van der Waals surface area contributed by atoms with E-state index in [1.54, 1.807) is 6.92 Å². The third-order valence-corrected chi connectivity index (χ3v) is 2.66. The van der Waals surface area contributed by atoms with Crippen LogP contribution in [0, 0.1) is 13.8 Å². The van der Waals surface area contributed by atoms with Crippen molar-refractivity contribution < 1.29 is 35.5 Å². The molecule has 0 amide bonds. The highest BCUT2D eigenvalue weighted by Gasteiger charge is 2.76. The van der Waals surface area contributed by atoms with Crippen molar-refractivity contribution in [1.82, 2.24) is 0 Å². The molecule has 1 aromatic carbocycles. The van der Waals surface area contributed by atoms with Gasteiger partial charge in [-0.05, 0) is 19.4 Å². The highest BCUT2D eigenvalue weighted by Crippen LogP contribution is 2.47. The Labute approximate surface area is 109 Å². The average molecular weight is 302 g/mol. The second-order valence-electron chi connectivity index (χ2n) is 4.29.